The minimum Gasteiger partial charge on any atom is -0.314 e. The van der Waals surface area contributed by atoms with Gasteiger partial charge in [0.25, 0.3) is 0 Å². The van der Waals surface area contributed by atoms with Crippen LogP contribution in [-0.4, -0.2) is 26.8 Å². The van der Waals surface area contributed by atoms with E-state index in [1.807, 2.05) is 18.2 Å². The molecule has 0 atom stereocenters. The van der Waals surface area contributed by atoms with E-state index >= 15 is 0 Å². The Bertz CT molecular complexity index is 455. The van der Waals surface area contributed by atoms with Crippen LogP contribution in [0.1, 0.15) is 25.7 Å². The molecule has 2 rings (SSSR count). The highest BCUT2D eigenvalue weighted by Gasteiger charge is 2.19. The molecule has 0 spiro atoms. The molecule has 0 saturated heterocycles. The number of hydrogen-bond donors (Lipinski definition) is 2. The van der Waals surface area contributed by atoms with Gasteiger partial charge < -0.3 is 5.32 Å². The fraction of sp³-hybridized carbons (Fsp3) is 0.538. The second-order valence-corrected chi connectivity index (χ2v) is 6.56. The Morgan fingerprint density at radius 1 is 1.11 bits per heavy atom. The lowest BCUT2D eigenvalue weighted by molar-refractivity contribution is 0.591. The van der Waals surface area contributed by atoms with Crippen molar-refractivity contribution in [1.29, 1.82) is 0 Å². The summed E-state index contributed by atoms with van der Waals surface area (Å²) in [5.74, 6) is 0.189. The first kappa shape index (κ1) is 13.4. The van der Waals surface area contributed by atoms with Crippen molar-refractivity contribution < 1.29 is 8.42 Å². The Morgan fingerprint density at radius 2 is 1.83 bits per heavy atom. The standard InChI is InChI=1S/C13H20N2O2S/c16-18(17,15-13-6-2-1-3-7-13)11-5-4-10-14-12-8-9-12/h1-3,6-7,12,14-15H,4-5,8-11H2. The molecule has 0 amide bonds. The molecule has 0 aromatic heterocycles. The number of para-hydroxylation sites is 1. The number of anilines is 1. The topological polar surface area (TPSA) is 58.2 Å². The number of rotatable bonds is 8. The second-order valence-electron chi connectivity index (χ2n) is 4.72. The van der Waals surface area contributed by atoms with Crippen molar-refractivity contribution in [3.05, 3.63) is 30.3 Å². The first-order valence-corrected chi connectivity index (χ1v) is 8.10. The van der Waals surface area contributed by atoms with Gasteiger partial charge in [0, 0.05) is 11.7 Å². The third-order valence-electron chi connectivity index (χ3n) is 2.90. The Hall–Kier alpha value is -1.07. The second kappa shape index (κ2) is 6.20. The minimum absolute atomic E-state index is 0.189. The van der Waals surface area contributed by atoms with Crippen molar-refractivity contribution in [2.75, 3.05) is 17.0 Å². The summed E-state index contributed by atoms with van der Waals surface area (Å²) in [4.78, 5) is 0. The predicted molar refractivity (Wildman–Crippen MR) is 74.1 cm³/mol. The first-order valence-electron chi connectivity index (χ1n) is 6.45. The Labute approximate surface area is 109 Å². The molecular formula is C13H20N2O2S. The molecule has 5 heteroatoms. The van der Waals surface area contributed by atoms with Crippen molar-refractivity contribution in [2.24, 2.45) is 0 Å². The van der Waals surface area contributed by atoms with E-state index in [0.29, 0.717) is 18.2 Å². The van der Waals surface area contributed by atoms with Crippen molar-refractivity contribution in [2.45, 2.75) is 31.7 Å². The predicted octanol–water partition coefficient (Wildman–Crippen LogP) is 1.96. The zero-order valence-corrected chi connectivity index (χ0v) is 11.2. The third kappa shape index (κ3) is 5.06. The van der Waals surface area contributed by atoms with E-state index < -0.39 is 10.0 Å². The first-order chi connectivity index (χ1) is 8.66. The molecule has 0 aliphatic heterocycles. The molecule has 1 saturated carbocycles. The van der Waals surface area contributed by atoms with E-state index in [0.717, 1.165) is 13.0 Å². The normalized spacial score (nSPS) is 15.6. The molecule has 4 nitrogen and oxygen atoms in total. The highest BCUT2D eigenvalue weighted by atomic mass is 32.2. The van der Waals surface area contributed by atoms with Crippen molar-refractivity contribution >= 4 is 15.7 Å². The molecule has 1 aromatic carbocycles. The Morgan fingerprint density at radius 3 is 2.50 bits per heavy atom. The molecule has 0 radical (unpaired) electrons. The summed E-state index contributed by atoms with van der Waals surface area (Å²) in [6, 6.07) is 9.71. The fourth-order valence-electron chi connectivity index (χ4n) is 1.75. The average molecular weight is 268 g/mol. The van der Waals surface area contributed by atoms with Crippen LogP contribution in [0.4, 0.5) is 5.69 Å². The zero-order valence-electron chi connectivity index (χ0n) is 10.4. The molecular weight excluding hydrogens is 248 g/mol. The molecule has 1 aliphatic carbocycles. The Kier molecular flexibility index (Phi) is 4.60. The van der Waals surface area contributed by atoms with Crippen LogP contribution in [-0.2, 0) is 10.0 Å². The smallest absolute Gasteiger partial charge is 0.232 e. The van der Waals surface area contributed by atoms with E-state index in [-0.39, 0.29) is 5.75 Å². The van der Waals surface area contributed by atoms with Gasteiger partial charge in [-0.25, -0.2) is 8.42 Å². The summed E-state index contributed by atoms with van der Waals surface area (Å²) in [5, 5.41) is 3.38. The maximum absolute atomic E-state index is 11.8. The van der Waals surface area contributed by atoms with Gasteiger partial charge in [-0.3, -0.25) is 4.72 Å². The number of unbranched alkanes of at least 4 members (excludes halogenated alkanes) is 1. The van der Waals surface area contributed by atoms with Gasteiger partial charge in [0.1, 0.15) is 0 Å². The number of benzene rings is 1. The van der Waals surface area contributed by atoms with Gasteiger partial charge in [-0.2, -0.15) is 0 Å². The number of sulfonamides is 1. The zero-order chi connectivity index (χ0) is 12.8. The molecule has 1 aromatic rings. The van der Waals surface area contributed by atoms with E-state index in [1.54, 1.807) is 12.1 Å². The van der Waals surface area contributed by atoms with Gasteiger partial charge >= 0.3 is 0 Å². The Balaban J connectivity index is 1.66. The molecule has 1 aliphatic rings. The van der Waals surface area contributed by atoms with Gasteiger partial charge in [-0.05, 0) is 44.4 Å². The maximum atomic E-state index is 11.8. The quantitative estimate of drug-likeness (QED) is 0.709. The third-order valence-corrected chi connectivity index (χ3v) is 4.27. The highest BCUT2D eigenvalue weighted by molar-refractivity contribution is 7.92. The van der Waals surface area contributed by atoms with Crippen LogP contribution in [0.2, 0.25) is 0 Å². The average Bonchev–Trinajstić information content (AvgIpc) is 3.13. The van der Waals surface area contributed by atoms with Gasteiger partial charge in [0.05, 0.1) is 5.75 Å². The molecule has 0 bridgehead atoms. The number of hydrogen-bond acceptors (Lipinski definition) is 3. The highest BCUT2D eigenvalue weighted by Crippen LogP contribution is 2.18. The SMILES string of the molecule is O=S(=O)(CCCCNC1CC1)Nc1ccccc1. The summed E-state index contributed by atoms with van der Waals surface area (Å²) in [6.07, 6.45) is 4.15. The van der Waals surface area contributed by atoms with Crippen molar-refractivity contribution in [3.8, 4) is 0 Å². The summed E-state index contributed by atoms with van der Waals surface area (Å²) in [5.41, 5.74) is 0.633. The van der Waals surface area contributed by atoms with Gasteiger partial charge in [-0.15, -0.1) is 0 Å². The maximum Gasteiger partial charge on any atom is 0.232 e. The van der Waals surface area contributed by atoms with Crippen LogP contribution in [0.25, 0.3) is 0 Å². The van der Waals surface area contributed by atoms with E-state index in [4.69, 9.17) is 0 Å². The lowest BCUT2D eigenvalue weighted by Gasteiger charge is -2.07. The van der Waals surface area contributed by atoms with Crippen LogP contribution in [0.5, 0.6) is 0 Å². The van der Waals surface area contributed by atoms with Crippen LogP contribution in [0.3, 0.4) is 0 Å². The molecule has 1 fully saturated rings. The lowest BCUT2D eigenvalue weighted by atomic mass is 10.3. The van der Waals surface area contributed by atoms with E-state index in [9.17, 15) is 8.42 Å². The molecule has 18 heavy (non-hydrogen) atoms. The largest absolute Gasteiger partial charge is 0.314 e. The summed E-state index contributed by atoms with van der Waals surface area (Å²) in [6.45, 7) is 0.922. The molecule has 0 heterocycles. The summed E-state index contributed by atoms with van der Waals surface area (Å²) >= 11 is 0. The van der Waals surface area contributed by atoms with Crippen molar-refractivity contribution in [1.82, 2.24) is 5.32 Å². The molecule has 2 N–H and O–H groups in total. The monoisotopic (exact) mass is 268 g/mol. The van der Waals surface area contributed by atoms with Crippen LogP contribution < -0.4 is 10.0 Å². The van der Waals surface area contributed by atoms with Crippen LogP contribution in [0, 0.1) is 0 Å². The van der Waals surface area contributed by atoms with Crippen molar-refractivity contribution in [3.63, 3.8) is 0 Å². The molecule has 100 valence electrons. The van der Waals surface area contributed by atoms with Gasteiger partial charge in [0.2, 0.25) is 10.0 Å². The van der Waals surface area contributed by atoms with Gasteiger partial charge in [-0.1, -0.05) is 18.2 Å². The minimum atomic E-state index is -3.20. The lowest BCUT2D eigenvalue weighted by Crippen LogP contribution is -2.20. The van der Waals surface area contributed by atoms with E-state index in [1.165, 1.54) is 12.8 Å². The fourth-order valence-corrected chi connectivity index (χ4v) is 2.93. The van der Waals surface area contributed by atoms with E-state index in [2.05, 4.69) is 10.0 Å². The number of nitrogens with one attached hydrogen (secondary N) is 2. The van der Waals surface area contributed by atoms with Gasteiger partial charge in [0.15, 0.2) is 0 Å². The summed E-state index contributed by atoms with van der Waals surface area (Å²) in [7, 11) is -3.20. The van der Waals surface area contributed by atoms with Crippen LogP contribution >= 0.6 is 0 Å². The van der Waals surface area contributed by atoms with Crippen LogP contribution in [0.15, 0.2) is 30.3 Å². The summed E-state index contributed by atoms with van der Waals surface area (Å²) < 4.78 is 26.1. The molecule has 0 unspecified atom stereocenters.